The van der Waals surface area contributed by atoms with Crippen LogP contribution in [0.4, 0.5) is 0 Å². The number of hydrogen-bond acceptors (Lipinski definition) is 1. The minimum atomic E-state index is 0.363. The first-order valence-corrected chi connectivity index (χ1v) is 13.2. The van der Waals surface area contributed by atoms with Gasteiger partial charge in [-0.15, -0.1) is 0 Å². The second kappa shape index (κ2) is 9.18. The summed E-state index contributed by atoms with van der Waals surface area (Å²) < 4.78 is 0. The second-order valence-electron chi connectivity index (χ2n) is 12.7. The average Bonchev–Trinajstić information content (AvgIpc) is 2.97. The first kappa shape index (κ1) is 24.8. The maximum Gasteiger partial charge on any atom is 0.120 e. The Morgan fingerprint density at radius 1 is 1.00 bits per heavy atom. The molecule has 3 aliphatic carbocycles. The van der Waals surface area contributed by atoms with E-state index in [4.69, 9.17) is 0 Å². The fourth-order valence-electron chi connectivity index (χ4n) is 8.98. The number of carbonyl (C=O) groups is 1. The Kier molecular flexibility index (Phi) is 7.34. The summed E-state index contributed by atoms with van der Waals surface area (Å²) in [6.45, 7) is 19.6. The van der Waals surface area contributed by atoms with Gasteiger partial charge in [0.2, 0.25) is 0 Å². The lowest BCUT2D eigenvalue weighted by Crippen LogP contribution is -2.57. The molecule has 0 aromatic heterocycles. The molecule has 31 heavy (non-hydrogen) atoms. The van der Waals surface area contributed by atoms with Crippen molar-refractivity contribution in [2.75, 3.05) is 0 Å². The van der Waals surface area contributed by atoms with Gasteiger partial charge in [0.1, 0.15) is 6.29 Å². The molecule has 3 aliphatic rings. The van der Waals surface area contributed by atoms with Crippen LogP contribution in [0.2, 0.25) is 0 Å². The molecule has 0 unspecified atom stereocenters. The lowest BCUT2D eigenvalue weighted by atomic mass is 9.40. The van der Waals surface area contributed by atoms with Gasteiger partial charge in [0.25, 0.3) is 0 Å². The Morgan fingerprint density at radius 2 is 1.71 bits per heavy atom. The van der Waals surface area contributed by atoms with Gasteiger partial charge < -0.3 is 4.79 Å². The minimum absolute atomic E-state index is 0.363. The quantitative estimate of drug-likeness (QED) is 0.293. The fraction of sp³-hybridized carbons (Fsp3) is 0.833. The Bertz CT molecular complexity index is 721. The van der Waals surface area contributed by atoms with Crippen LogP contribution >= 0.6 is 0 Å². The van der Waals surface area contributed by atoms with Crippen molar-refractivity contribution in [1.82, 2.24) is 0 Å². The van der Waals surface area contributed by atoms with Crippen LogP contribution in [0.15, 0.2) is 22.8 Å². The lowest BCUT2D eigenvalue weighted by molar-refractivity contribution is -0.144. The monoisotopic (exact) mass is 426 g/mol. The van der Waals surface area contributed by atoms with E-state index in [1.54, 1.807) is 5.57 Å². The summed E-state index contributed by atoms with van der Waals surface area (Å²) in [7, 11) is 0. The van der Waals surface area contributed by atoms with Gasteiger partial charge in [-0.25, -0.2) is 0 Å². The molecule has 0 spiro atoms. The topological polar surface area (TPSA) is 17.1 Å². The predicted octanol–water partition coefficient (Wildman–Crippen LogP) is 8.93. The molecular weight excluding hydrogens is 376 g/mol. The van der Waals surface area contributed by atoms with Crippen molar-refractivity contribution < 1.29 is 4.79 Å². The third-order valence-electron chi connectivity index (χ3n) is 10.8. The fourth-order valence-corrected chi connectivity index (χ4v) is 8.98. The van der Waals surface area contributed by atoms with Gasteiger partial charge in [-0.1, -0.05) is 50.5 Å². The summed E-state index contributed by atoms with van der Waals surface area (Å²) in [4.78, 5) is 11.3. The van der Waals surface area contributed by atoms with Crippen molar-refractivity contribution in [2.45, 2.75) is 120 Å². The van der Waals surface area contributed by atoms with E-state index in [1.165, 1.54) is 62.5 Å². The number of hydrogen-bond donors (Lipinski definition) is 0. The summed E-state index contributed by atoms with van der Waals surface area (Å²) >= 11 is 0. The van der Waals surface area contributed by atoms with E-state index in [0.717, 1.165) is 36.9 Å². The highest BCUT2D eigenvalue weighted by Crippen LogP contribution is 2.74. The molecule has 0 aromatic carbocycles. The van der Waals surface area contributed by atoms with E-state index in [-0.39, 0.29) is 0 Å². The molecule has 0 aliphatic heterocycles. The normalized spacial score (nSPS) is 40.6. The molecule has 3 saturated carbocycles. The second-order valence-corrected chi connectivity index (χ2v) is 12.7. The van der Waals surface area contributed by atoms with E-state index >= 15 is 0 Å². The van der Waals surface area contributed by atoms with Gasteiger partial charge in [-0.05, 0) is 125 Å². The molecule has 0 N–H and O–H groups in total. The van der Waals surface area contributed by atoms with E-state index in [9.17, 15) is 4.79 Å². The highest BCUT2D eigenvalue weighted by atomic mass is 16.1. The van der Waals surface area contributed by atoms with Crippen molar-refractivity contribution in [3.8, 4) is 0 Å². The van der Waals surface area contributed by atoms with Crippen molar-refractivity contribution in [2.24, 2.45) is 39.9 Å². The maximum atomic E-state index is 11.3. The molecule has 0 amide bonds. The first-order valence-electron chi connectivity index (χ1n) is 13.2. The lowest BCUT2D eigenvalue weighted by Gasteiger charge is -2.65. The first-order chi connectivity index (χ1) is 14.5. The summed E-state index contributed by atoms with van der Waals surface area (Å²) in [6, 6.07) is 0. The van der Waals surface area contributed by atoms with Crippen molar-refractivity contribution >= 4 is 6.29 Å². The molecule has 1 heteroatoms. The summed E-state index contributed by atoms with van der Waals surface area (Å²) in [5, 5.41) is 0. The van der Waals surface area contributed by atoms with Crippen LogP contribution in [-0.4, -0.2) is 6.29 Å². The van der Waals surface area contributed by atoms with Gasteiger partial charge in [0.05, 0.1) is 0 Å². The SMILES string of the molecule is CC(C)=CCC[C@H](C)[C@@H]1CC[C@]2(C)[C@H]3CCC(=C(C)C)[C@@H](CCC=O)[C@]3(C)CC[C@@]12C. The van der Waals surface area contributed by atoms with Crippen molar-refractivity contribution in [3.05, 3.63) is 22.8 Å². The molecule has 0 bridgehead atoms. The third kappa shape index (κ3) is 4.13. The third-order valence-corrected chi connectivity index (χ3v) is 10.8. The maximum absolute atomic E-state index is 11.3. The smallest absolute Gasteiger partial charge is 0.120 e. The average molecular weight is 427 g/mol. The van der Waals surface area contributed by atoms with Crippen LogP contribution in [-0.2, 0) is 4.79 Å². The van der Waals surface area contributed by atoms with Crippen LogP contribution in [0.5, 0.6) is 0 Å². The Morgan fingerprint density at radius 3 is 2.32 bits per heavy atom. The van der Waals surface area contributed by atoms with Gasteiger partial charge in [0, 0.05) is 6.42 Å². The van der Waals surface area contributed by atoms with Crippen molar-refractivity contribution in [1.29, 1.82) is 0 Å². The molecule has 1 nitrogen and oxygen atoms in total. The zero-order valence-corrected chi connectivity index (χ0v) is 21.9. The van der Waals surface area contributed by atoms with E-state index in [0.29, 0.717) is 22.2 Å². The highest BCUT2D eigenvalue weighted by Gasteiger charge is 2.66. The Labute approximate surface area is 193 Å². The van der Waals surface area contributed by atoms with Crippen LogP contribution in [0, 0.1) is 39.9 Å². The van der Waals surface area contributed by atoms with Gasteiger partial charge in [0.15, 0.2) is 0 Å². The number of rotatable bonds is 7. The summed E-state index contributed by atoms with van der Waals surface area (Å²) in [5.74, 6) is 3.09. The van der Waals surface area contributed by atoms with Crippen LogP contribution < -0.4 is 0 Å². The van der Waals surface area contributed by atoms with Gasteiger partial charge in [-0.3, -0.25) is 0 Å². The highest BCUT2D eigenvalue weighted by molar-refractivity contribution is 5.49. The van der Waals surface area contributed by atoms with E-state index in [2.05, 4.69) is 61.5 Å². The van der Waals surface area contributed by atoms with Crippen LogP contribution in [0.3, 0.4) is 0 Å². The zero-order valence-electron chi connectivity index (χ0n) is 21.9. The molecule has 176 valence electrons. The van der Waals surface area contributed by atoms with Gasteiger partial charge >= 0.3 is 0 Å². The molecule has 0 heterocycles. The molecule has 0 aromatic rings. The summed E-state index contributed by atoms with van der Waals surface area (Å²) in [6.07, 6.45) is 16.1. The van der Waals surface area contributed by atoms with E-state index < -0.39 is 0 Å². The Hall–Kier alpha value is -0.850. The van der Waals surface area contributed by atoms with E-state index in [1.807, 2.05) is 0 Å². The number of allylic oxidation sites excluding steroid dienone is 4. The predicted molar refractivity (Wildman–Crippen MR) is 134 cm³/mol. The van der Waals surface area contributed by atoms with Crippen LogP contribution in [0.25, 0.3) is 0 Å². The molecule has 7 atom stereocenters. The minimum Gasteiger partial charge on any atom is -0.303 e. The summed E-state index contributed by atoms with van der Waals surface area (Å²) in [5.41, 5.74) is 5.95. The molecular formula is C30H50O. The molecule has 3 fully saturated rings. The molecule has 0 saturated heterocycles. The van der Waals surface area contributed by atoms with Crippen LogP contribution in [0.1, 0.15) is 120 Å². The zero-order chi connectivity index (χ0) is 23.0. The number of aldehydes is 1. The number of carbonyl (C=O) groups excluding carboxylic acids is 1. The van der Waals surface area contributed by atoms with Gasteiger partial charge in [-0.2, -0.15) is 0 Å². The largest absolute Gasteiger partial charge is 0.303 e. The molecule has 0 radical (unpaired) electrons. The standard InChI is InChI=1S/C30H50O/c1-21(2)11-9-12-23(5)25-16-17-30(8)27-15-14-24(22(3)4)26(13-10-20-31)28(27,6)18-19-29(25,30)7/h11,20,23,25-27H,9-10,12-19H2,1-8H3/t23-,25-,26+,27-,28-,29-,30+/m0/s1. The molecule has 3 rings (SSSR count). The number of fused-ring (bicyclic) bond motifs is 3. The Balaban J connectivity index is 1.89. The van der Waals surface area contributed by atoms with Crippen molar-refractivity contribution in [3.63, 3.8) is 0 Å².